The van der Waals surface area contributed by atoms with Gasteiger partial charge in [-0.2, -0.15) is 5.10 Å². The molecule has 166 valence electrons. The van der Waals surface area contributed by atoms with E-state index in [4.69, 9.17) is 11.6 Å². The molecule has 1 heterocycles. The quantitative estimate of drug-likeness (QED) is 0.204. The van der Waals surface area contributed by atoms with Crippen molar-refractivity contribution in [2.24, 2.45) is 5.10 Å². The Labute approximate surface area is 201 Å². The number of hydrogen-bond acceptors (Lipinski definition) is 5. The van der Waals surface area contributed by atoms with Gasteiger partial charge in [-0.15, -0.1) is 10.2 Å². The van der Waals surface area contributed by atoms with E-state index in [1.165, 1.54) is 11.8 Å². The van der Waals surface area contributed by atoms with Crippen molar-refractivity contribution >= 4 is 35.0 Å². The smallest absolute Gasteiger partial charge is 0.250 e. The van der Waals surface area contributed by atoms with Crippen LogP contribution in [0.15, 0.2) is 95.2 Å². The highest BCUT2D eigenvalue weighted by molar-refractivity contribution is 7.99. The lowest BCUT2D eigenvalue weighted by atomic mass is 10.1. The summed E-state index contributed by atoms with van der Waals surface area (Å²) in [6, 6.07) is 27.0. The highest BCUT2D eigenvalue weighted by Gasteiger charge is 2.17. The first-order chi connectivity index (χ1) is 16.2. The lowest BCUT2D eigenvalue weighted by Crippen LogP contribution is -2.22. The Kier molecular flexibility index (Phi) is 7.55. The van der Waals surface area contributed by atoms with Gasteiger partial charge in [0.25, 0.3) is 5.91 Å². The Hall–Kier alpha value is -3.42. The minimum Gasteiger partial charge on any atom is -0.272 e. The number of nitrogens with one attached hydrogen (secondary N) is 1. The third-order valence-corrected chi connectivity index (χ3v) is 6.02. The third-order valence-electron chi connectivity index (χ3n) is 4.84. The summed E-state index contributed by atoms with van der Waals surface area (Å²) in [7, 11) is 0. The van der Waals surface area contributed by atoms with E-state index in [0.717, 1.165) is 22.5 Å². The largest absolute Gasteiger partial charge is 0.272 e. The summed E-state index contributed by atoms with van der Waals surface area (Å²) in [5.41, 5.74) is 6.26. The van der Waals surface area contributed by atoms with E-state index < -0.39 is 0 Å². The van der Waals surface area contributed by atoms with Crippen LogP contribution in [0.4, 0.5) is 0 Å². The van der Waals surface area contributed by atoms with Gasteiger partial charge >= 0.3 is 0 Å². The van der Waals surface area contributed by atoms with Gasteiger partial charge < -0.3 is 0 Å². The molecule has 0 radical (unpaired) electrons. The molecule has 3 aromatic carbocycles. The molecule has 0 aliphatic rings. The Morgan fingerprint density at radius 2 is 1.64 bits per heavy atom. The van der Waals surface area contributed by atoms with Crippen LogP contribution in [0.2, 0.25) is 5.02 Å². The predicted octanol–water partition coefficient (Wildman–Crippen LogP) is 5.61. The lowest BCUT2D eigenvalue weighted by Gasteiger charge is -2.10. The number of amides is 1. The Balaban J connectivity index is 1.53. The number of hydrazone groups is 1. The molecule has 4 rings (SSSR count). The molecule has 0 atom stereocenters. The SMILES string of the molecule is CC/C(=N\NC(=O)CSc1nnc(-c2ccccc2)n1-c1ccc(Cl)cc1)c1ccccc1. The van der Waals surface area contributed by atoms with Crippen molar-refractivity contribution in [3.8, 4) is 17.1 Å². The van der Waals surface area contributed by atoms with E-state index in [9.17, 15) is 4.79 Å². The van der Waals surface area contributed by atoms with E-state index in [-0.39, 0.29) is 11.7 Å². The molecule has 0 bridgehead atoms. The van der Waals surface area contributed by atoms with Crippen LogP contribution in [0.25, 0.3) is 17.1 Å². The second-order valence-electron chi connectivity index (χ2n) is 7.09. The summed E-state index contributed by atoms with van der Waals surface area (Å²) >= 11 is 7.38. The van der Waals surface area contributed by atoms with Crippen LogP contribution < -0.4 is 5.43 Å². The second kappa shape index (κ2) is 10.9. The maximum absolute atomic E-state index is 12.5. The number of benzene rings is 3. The van der Waals surface area contributed by atoms with Crippen LogP contribution in [-0.2, 0) is 4.79 Å². The summed E-state index contributed by atoms with van der Waals surface area (Å²) in [6.07, 6.45) is 0.711. The Bertz CT molecular complexity index is 1240. The van der Waals surface area contributed by atoms with E-state index >= 15 is 0 Å². The van der Waals surface area contributed by atoms with Gasteiger partial charge in [-0.3, -0.25) is 9.36 Å². The molecule has 1 amide bonds. The molecule has 0 saturated carbocycles. The molecule has 8 heteroatoms. The average Bonchev–Trinajstić information content (AvgIpc) is 3.29. The number of halogens is 1. The molecule has 0 unspecified atom stereocenters. The molecule has 4 aromatic rings. The monoisotopic (exact) mass is 475 g/mol. The number of aromatic nitrogens is 3. The molecule has 1 N–H and O–H groups in total. The summed E-state index contributed by atoms with van der Waals surface area (Å²) in [5.74, 6) is 0.625. The van der Waals surface area contributed by atoms with Crippen molar-refractivity contribution < 1.29 is 4.79 Å². The van der Waals surface area contributed by atoms with Crippen molar-refractivity contribution in [3.05, 3.63) is 95.5 Å². The normalized spacial score (nSPS) is 11.4. The molecule has 33 heavy (non-hydrogen) atoms. The van der Waals surface area contributed by atoms with Crippen LogP contribution in [0.5, 0.6) is 0 Å². The lowest BCUT2D eigenvalue weighted by molar-refractivity contribution is -0.118. The van der Waals surface area contributed by atoms with Gasteiger partial charge in [0.2, 0.25) is 0 Å². The van der Waals surface area contributed by atoms with Crippen molar-refractivity contribution in [1.82, 2.24) is 20.2 Å². The number of nitrogens with zero attached hydrogens (tertiary/aromatic N) is 4. The van der Waals surface area contributed by atoms with Gasteiger partial charge in [0.15, 0.2) is 11.0 Å². The molecule has 0 aliphatic heterocycles. The highest BCUT2D eigenvalue weighted by atomic mass is 35.5. The molecular weight excluding hydrogens is 454 g/mol. The summed E-state index contributed by atoms with van der Waals surface area (Å²) in [4.78, 5) is 12.5. The number of thioether (sulfide) groups is 1. The van der Waals surface area contributed by atoms with Crippen LogP contribution in [0.1, 0.15) is 18.9 Å². The fourth-order valence-corrected chi connectivity index (χ4v) is 4.10. The molecule has 0 spiro atoms. The maximum atomic E-state index is 12.5. The summed E-state index contributed by atoms with van der Waals surface area (Å²) in [5, 5.41) is 14.3. The van der Waals surface area contributed by atoms with Crippen LogP contribution >= 0.6 is 23.4 Å². The first-order valence-corrected chi connectivity index (χ1v) is 11.8. The van der Waals surface area contributed by atoms with E-state index in [1.807, 2.05) is 96.4 Å². The zero-order valence-corrected chi connectivity index (χ0v) is 19.6. The minimum absolute atomic E-state index is 0.149. The van der Waals surface area contributed by atoms with Crippen molar-refractivity contribution in [2.75, 3.05) is 5.75 Å². The summed E-state index contributed by atoms with van der Waals surface area (Å²) < 4.78 is 1.92. The zero-order chi connectivity index (χ0) is 23.0. The zero-order valence-electron chi connectivity index (χ0n) is 18.0. The molecule has 0 aliphatic carbocycles. The van der Waals surface area contributed by atoms with Crippen LogP contribution in [0.3, 0.4) is 0 Å². The molecule has 0 saturated heterocycles. The number of carbonyl (C=O) groups excluding carboxylic acids is 1. The van der Waals surface area contributed by atoms with E-state index in [0.29, 0.717) is 22.4 Å². The van der Waals surface area contributed by atoms with Crippen molar-refractivity contribution in [3.63, 3.8) is 0 Å². The second-order valence-corrected chi connectivity index (χ2v) is 8.46. The number of rotatable bonds is 8. The number of carbonyl (C=O) groups is 1. The minimum atomic E-state index is -0.214. The molecular formula is C25H22ClN5OS. The van der Waals surface area contributed by atoms with E-state index in [1.54, 1.807) is 0 Å². The summed E-state index contributed by atoms with van der Waals surface area (Å²) in [6.45, 7) is 2.01. The van der Waals surface area contributed by atoms with Gasteiger partial charge in [-0.05, 0) is 36.2 Å². The topological polar surface area (TPSA) is 72.2 Å². The molecule has 0 fully saturated rings. The van der Waals surface area contributed by atoms with Gasteiger partial charge in [-0.1, -0.05) is 91.0 Å². The Morgan fingerprint density at radius 3 is 2.30 bits per heavy atom. The standard InChI is InChI=1S/C25H22ClN5OS/c1-2-22(18-9-5-3-6-10-18)27-28-23(32)17-33-25-30-29-24(19-11-7-4-8-12-19)31(25)21-15-13-20(26)14-16-21/h3-16H,2,17H2,1H3,(H,28,32)/b27-22+. The molecule has 6 nitrogen and oxygen atoms in total. The van der Waals surface area contributed by atoms with Crippen molar-refractivity contribution in [1.29, 1.82) is 0 Å². The van der Waals surface area contributed by atoms with Crippen LogP contribution in [-0.4, -0.2) is 32.1 Å². The van der Waals surface area contributed by atoms with Crippen molar-refractivity contribution in [2.45, 2.75) is 18.5 Å². The van der Waals surface area contributed by atoms with E-state index in [2.05, 4.69) is 20.7 Å². The third kappa shape index (κ3) is 5.69. The first-order valence-electron chi connectivity index (χ1n) is 10.5. The maximum Gasteiger partial charge on any atom is 0.250 e. The highest BCUT2D eigenvalue weighted by Crippen LogP contribution is 2.28. The molecule has 1 aromatic heterocycles. The number of hydrogen-bond donors (Lipinski definition) is 1. The van der Waals surface area contributed by atoms with Gasteiger partial charge in [-0.25, -0.2) is 5.43 Å². The van der Waals surface area contributed by atoms with Gasteiger partial charge in [0, 0.05) is 16.3 Å². The first kappa shape index (κ1) is 22.8. The fraction of sp³-hybridized carbons (Fsp3) is 0.120. The average molecular weight is 476 g/mol. The fourth-order valence-electron chi connectivity index (χ4n) is 3.23. The van der Waals surface area contributed by atoms with Gasteiger partial charge in [0.1, 0.15) is 0 Å². The Morgan fingerprint density at radius 1 is 0.970 bits per heavy atom. The van der Waals surface area contributed by atoms with Gasteiger partial charge in [0.05, 0.1) is 11.5 Å². The predicted molar refractivity (Wildman–Crippen MR) is 134 cm³/mol. The van der Waals surface area contributed by atoms with Crippen LogP contribution in [0, 0.1) is 0 Å².